The van der Waals surface area contributed by atoms with Crippen LogP contribution in [-0.4, -0.2) is 51.3 Å². The van der Waals surface area contributed by atoms with Gasteiger partial charge in [-0.15, -0.1) is 0 Å². The maximum Gasteiger partial charge on any atom is 0.329 e. The predicted octanol–water partition coefficient (Wildman–Crippen LogP) is 1.73. The number of thiocarbonyl (C=S) groups is 1. The Kier molecular flexibility index (Phi) is 7.89. The molecule has 2 unspecified atom stereocenters. The van der Waals surface area contributed by atoms with Crippen LogP contribution in [-0.2, 0) is 14.3 Å². The SMILES string of the molecule is CCCCC(NC(=S)NO)C(=O)N1CCCC1C(=O)OC(C)(C)C. The molecule has 1 rings (SSSR count). The fourth-order valence-electron chi connectivity index (χ4n) is 2.70. The molecule has 0 aromatic heterocycles. The predicted molar refractivity (Wildman–Crippen MR) is 94.5 cm³/mol. The molecule has 0 aliphatic carbocycles. The molecule has 0 aromatic rings. The summed E-state index contributed by atoms with van der Waals surface area (Å²) in [5, 5.41) is 11.7. The minimum Gasteiger partial charge on any atom is -0.458 e. The van der Waals surface area contributed by atoms with Gasteiger partial charge in [-0.3, -0.25) is 10.0 Å². The van der Waals surface area contributed by atoms with Crippen LogP contribution in [0.25, 0.3) is 0 Å². The summed E-state index contributed by atoms with van der Waals surface area (Å²) < 4.78 is 5.43. The van der Waals surface area contributed by atoms with Gasteiger partial charge in [-0.2, -0.15) is 0 Å². The standard InChI is InChI=1S/C16H29N3O4S/c1-5-6-8-11(17-15(24)18-22)13(20)19-10-7-9-12(19)14(21)23-16(2,3)4/h11-12,22H,5-10H2,1-4H3,(H2,17,18,24). The van der Waals surface area contributed by atoms with Crippen LogP contribution in [0.5, 0.6) is 0 Å². The first-order chi connectivity index (χ1) is 11.2. The van der Waals surface area contributed by atoms with E-state index in [1.54, 1.807) is 4.90 Å². The summed E-state index contributed by atoms with van der Waals surface area (Å²) in [6.07, 6.45) is 3.71. The molecule has 3 N–H and O–H groups in total. The van der Waals surface area contributed by atoms with Gasteiger partial charge in [0.25, 0.3) is 0 Å². The number of esters is 1. The van der Waals surface area contributed by atoms with E-state index in [9.17, 15) is 9.59 Å². The second-order valence-electron chi connectivity index (χ2n) is 7.00. The van der Waals surface area contributed by atoms with E-state index >= 15 is 0 Å². The number of ether oxygens (including phenoxy) is 1. The Morgan fingerprint density at radius 3 is 2.62 bits per heavy atom. The summed E-state index contributed by atoms with van der Waals surface area (Å²) in [6.45, 7) is 7.98. The van der Waals surface area contributed by atoms with Crippen molar-refractivity contribution in [2.45, 2.75) is 77.5 Å². The number of likely N-dealkylation sites (tertiary alicyclic amines) is 1. The third-order valence-corrected chi connectivity index (χ3v) is 3.98. The number of nitrogens with one attached hydrogen (secondary N) is 2. The Hall–Kier alpha value is -1.41. The molecule has 2 atom stereocenters. The molecule has 1 heterocycles. The third-order valence-electron chi connectivity index (χ3n) is 3.77. The van der Waals surface area contributed by atoms with Crippen LogP contribution in [0.4, 0.5) is 0 Å². The maximum absolute atomic E-state index is 12.9. The summed E-state index contributed by atoms with van der Waals surface area (Å²) in [5.41, 5.74) is 1.25. The molecule has 24 heavy (non-hydrogen) atoms. The molecule has 1 fully saturated rings. The van der Waals surface area contributed by atoms with Crippen LogP contribution in [0.3, 0.4) is 0 Å². The van der Waals surface area contributed by atoms with Gasteiger partial charge in [-0.25, -0.2) is 10.3 Å². The number of amides is 1. The average Bonchev–Trinajstić information content (AvgIpc) is 2.98. The smallest absolute Gasteiger partial charge is 0.329 e. The Labute approximate surface area is 149 Å². The monoisotopic (exact) mass is 359 g/mol. The highest BCUT2D eigenvalue weighted by Gasteiger charge is 2.39. The number of hydroxylamine groups is 1. The van der Waals surface area contributed by atoms with Crippen molar-refractivity contribution in [1.29, 1.82) is 0 Å². The molecule has 0 aromatic carbocycles. The van der Waals surface area contributed by atoms with Gasteiger partial charge in [0.2, 0.25) is 5.91 Å². The minimum absolute atomic E-state index is 0.00234. The topological polar surface area (TPSA) is 90.9 Å². The van der Waals surface area contributed by atoms with Gasteiger partial charge in [-0.05, 0) is 52.3 Å². The lowest BCUT2D eigenvalue weighted by Crippen LogP contribution is -2.53. The van der Waals surface area contributed by atoms with Gasteiger partial charge < -0.3 is 15.0 Å². The van der Waals surface area contributed by atoms with E-state index < -0.39 is 17.7 Å². The summed E-state index contributed by atoms with van der Waals surface area (Å²) in [4.78, 5) is 26.8. The van der Waals surface area contributed by atoms with Crippen LogP contribution in [0, 0.1) is 0 Å². The first-order valence-corrected chi connectivity index (χ1v) is 8.84. The van der Waals surface area contributed by atoms with Crippen molar-refractivity contribution in [3.8, 4) is 0 Å². The van der Waals surface area contributed by atoms with Gasteiger partial charge in [0.05, 0.1) is 0 Å². The molecule has 1 amide bonds. The van der Waals surface area contributed by atoms with Crippen LogP contribution < -0.4 is 10.8 Å². The van der Waals surface area contributed by atoms with Crippen molar-refractivity contribution >= 4 is 29.2 Å². The fraction of sp³-hybridized carbons (Fsp3) is 0.812. The second-order valence-corrected chi connectivity index (χ2v) is 7.41. The first kappa shape index (κ1) is 20.6. The Morgan fingerprint density at radius 1 is 1.42 bits per heavy atom. The molecule has 7 nitrogen and oxygen atoms in total. The molecule has 0 radical (unpaired) electrons. The molecule has 1 saturated heterocycles. The molecule has 1 aliphatic rings. The molecular formula is C16H29N3O4S. The molecule has 138 valence electrons. The van der Waals surface area contributed by atoms with Gasteiger partial charge >= 0.3 is 5.97 Å². The highest BCUT2D eigenvalue weighted by atomic mass is 32.1. The quantitative estimate of drug-likeness (QED) is 0.378. The molecule has 0 spiro atoms. The normalized spacial score (nSPS) is 18.9. The summed E-state index contributed by atoms with van der Waals surface area (Å²) >= 11 is 4.89. The van der Waals surface area contributed by atoms with Crippen molar-refractivity contribution in [2.75, 3.05) is 6.54 Å². The maximum atomic E-state index is 12.9. The largest absolute Gasteiger partial charge is 0.458 e. The van der Waals surface area contributed by atoms with Gasteiger partial charge in [0, 0.05) is 6.54 Å². The summed E-state index contributed by atoms with van der Waals surface area (Å²) in [6, 6.07) is -1.13. The molecule has 0 saturated carbocycles. The van der Waals surface area contributed by atoms with E-state index in [1.807, 2.05) is 33.2 Å². The summed E-state index contributed by atoms with van der Waals surface area (Å²) in [7, 11) is 0. The van der Waals surface area contributed by atoms with E-state index in [2.05, 4.69) is 5.32 Å². The van der Waals surface area contributed by atoms with Gasteiger partial charge in [-0.1, -0.05) is 19.8 Å². The number of hydrogen-bond acceptors (Lipinski definition) is 5. The zero-order valence-electron chi connectivity index (χ0n) is 14.9. The summed E-state index contributed by atoms with van der Waals surface area (Å²) in [5.74, 6) is -0.556. The van der Waals surface area contributed by atoms with E-state index in [1.165, 1.54) is 0 Å². The number of rotatable bonds is 6. The van der Waals surface area contributed by atoms with Crippen LogP contribution in [0.2, 0.25) is 0 Å². The number of hydrogen-bond donors (Lipinski definition) is 3. The van der Waals surface area contributed by atoms with Crippen LogP contribution in [0.15, 0.2) is 0 Å². The fourth-order valence-corrected chi connectivity index (χ4v) is 2.84. The van der Waals surface area contributed by atoms with Gasteiger partial charge in [0.1, 0.15) is 17.7 Å². The van der Waals surface area contributed by atoms with E-state index in [0.29, 0.717) is 19.4 Å². The minimum atomic E-state index is -0.587. The van der Waals surface area contributed by atoms with Crippen LogP contribution >= 0.6 is 12.2 Å². The van der Waals surface area contributed by atoms with Crippen molar-refractivity contribution < 1.29 is 19.5 Å². The lowest BCUT2D eigenvalue weighted by molar-refractivity contribution is -0.163. The van der Waals surface area contributed by atoms with Crippen molar-refractivity contribution in [3.63, 3.8) is 0 Å². The van der Waals surface area contributed by atoms with E-state index in [4.69, 9.17) is 22.2 Å². The Morgan fingerprint density at radius 2 is 2.08 bits per heavy atom. The second kappa shape index (κ2) is 9.17. The number of nitrogens with zero attached hydrogens (tertiary/aromatic N) is 1. The lowest BCUT2D eigenvalue weighted by Gasteiger charge is -2.30. The number of carbonyl (C=O) groups excluding carboxylic acids is 2. The highest BCUT2D eigenvalue weighted by molar-refractivity contribution is 7.80. The number of unbranched alkanes of at least 4 members (excludes halogenated alkanes) is 1. The van der Waals surface area contributed by atoms with Crippen LogP contribution in [0.1, 0.15) is 59.8 Å². The van der Waals surface area contributed by atoms with E-state index in [-0.39, 0.29) is 17.0 Å². The van der Waals surface area contributed by atoms with Crippen molar-refractivity contribution in [2.24, 2.45) is 0 Å². The van der Waals surface area contributed by atoms with Crippen molar-refractivity contribution in [3.05, 3.63) is 0 Å². The van der Waals surface area contributed by atoms with E-state index in [0.717, 1.165) is 19.3 Å². The first-order valence-electron chi connectivity index (χ1n) is 8.43. The zero-order valence-corrected chi connectivity index (χ0v) is 15.7. The van der Waals surface area contributed by atoms with Gasteiger partial charge in [0.15, 0.2) is 5.11 Å². The third kappa shape index (κ3) is 6.24. The molecular weight excluding hydrogens is 330 g/mol. The zero-order chi connectivity index (χ0) is 18.3. The molecule has 8 heteroatoms. The molecule has 0 bridgehead atoms. The Bertz CT molecular complexity index is 465. The Balaban J connectivity index is 2.82. The molecule has 1 aliphatic heterocycles. The average molecular weight is 359 g/mol. The highest BCUT2D eigenvalue weighted by Crippen LogP contribution is 2.22. The number of carbonyl (C=O) groups is 2. The van der Waals surface area contributed by atoms with Crippen molar-refractivity contribution in [1.82, 2.24) is 15.7 Å². The lowest BCUT2D eigenvalue weighted by atomic mass is 10.1.